The molecule has 2 aromatic carbocycles. The summed E-state index contributed by atoms with van der Waals surface area (Å²) < 4.78 is 27.4. The number of rotatable bonds is 6. The minimum absolute atomic E-state index is 0.135. The van der Waals surface area contributed by atoms with Crippen LogP contribution in [-0.2, 0) is 21.4 Å². The molecule has 0 radical (unpaired) electrons. The van der Waals surface area contributed by atoms with Gasteiger partial charge in [-0.3, -0.25) is 9.59 Å². The van der Waals surface area contributed by atoms with E-state index in [1.54, 1.807) is 13.8 Å². The zero-order valence-corrected chi connectivity index (χ0v) is 17.4. The van der Waals surface area contributed by atoms with Crippen LogP contribution in [0.5, 0.6) is 0 Å². The summed E-state index contributed by atoms with van der Waals surface area (Å²) in [5.74, 6) is -0.476. The number of benzene rings is 2. The second kappa shape index (κ2) is 8.75. The molecule has 3 rings (SSSR count). The van der Waals surface area contributed by atoms with Crippen LogP contribution in [0.25, 0.3) is 0 Å². The predicted molar refractivity (Wildman–Crippen MR) is 110 cm³/mol. The fraction of sp³-hybridized carbons (Fsp3) is 0.333. The molecular formula is C21H25N3O4S. The van der Waals surface area contributed by atoms with E-state index in [9.17, 15) is 18.0 Å². The van der Waals surface area contributed by atoms with Crippen LogP contribution < -0.4 is 5.32 Å². The van der Waals surface area contributed by atoms with Crippen LogP contribution in [0.3, 0.4) is 0 Å². The lowest BCUT2D eigenvalue weighted by Gasteiger charge is -2.32. The minimum atomic E-state index is -3.69. The lowest BCUT2D eigenvalue weighted by Crippen LogP contribution is -2.55. The summed E-state index contributed by atoms with van der Waals surface area (Å²) in [6, 6.07) is 14.8. The van der Waals surface area contributed by atoms with Crippen LogP contribution in [0.2, 0.25) is 0 Å². The van der Waals surface area contributed by atoms with Crippen molar-refractivity contribution in [1.82, 2.24) is 14.5 Å². The molecule has 0 bridgehead atoms. The molecule has 0 aliphatic carbocycles. The standard InChI is InChI=1S/C21H25N3O4S/c1-3-23(15-17-7-5-4-6-8-17)29(27,28)19-11-9-18(10-12-19)21(26)24-14-13-22-20(25)16(24)2/h4-12,16H,3,13-15H2,1-2H3,(H,22,25). The van der Waals surface area contributed by atoms with Crippen LogP contribution in [0.1, 0.15) is 29.8 Å². The number of nitrogens with zero attached hydrogens (tertiary/aromatic N) is 2. The Balaban J connectivity index is 1.79. The van der Waals surface area contributed by atoms with Gasteiger partial charge in [0, 0.05) is 31.7 Å². The van der Waals surface area contributed by atoms with E-state index >= 15 is 0 Å². The zero-order valence-electron chi connectivity index (χ0n) is 16.5. The third kappa shape index (κ3) is 4.49. The maximum absolute atomic E-state index is 13.0. The molecule has 7 nitrogen and oxygen atoms in total. The van der Waals surface area contributed by atoms with Gasteiger partial charge in [0.2, 0.25) is 15.9 Å². The van der Waals surface area contributed by atoms with Gasteiger partial charge in [0.05, 0.1) is 4.90 Å². The maximum Gasteiger partial charge on any atom is 0.254 e. The molecule has 2 aromatic rings. The summed E-state index contributed by atoms with van der Waals surface area (Å²) in [5.41, 5.74) is 1.26. The first-order valence-electron chi connectivity index (χ1n) is 9.57. The van der Waals surface area contributed by atoms with E-state index in [1.165, 1.54) is 33.5 Å². The van der Waals surface area contributed by atoms with Gasteiger partial charge in [-0.25, -0.2) is 8.42 Å². The molecule has 1 aliphatic heterocycles. The number of piperazine rings is 1. The minimum Gasteiger partial charge on any atom is -0.353 e. The van der Waals surface area contributed by atoms with E-state index in [0.29, 0.717) is 25.2 Å². The largest absolute Gasteiger partial charge is 0.353 e. The monoisotopic (exact) mass is 415 g/mol. The van der Waals surface area contributed by atoms with Crippen molar-refractivity contribution < 1.29 is 18.0 Å². The Morgan fingerprint density at radius 1 is 1.14 bits per heavy atom. The molecule has 1 atom stereocenters. The number of sulfonamides is 1. The molecule has 8 heteroatoms. The molecule has 1 unspecified atom stereocenters. The lowest BCUT2D eigenvalue weighted by atomic mass is 10.1. The average molecular weight is 416 g/mol. The van der Waals surface area contributed by atoms with Gasteiger partial charge < -0.3 is 10.2 Å². The van der Waals surface area contributed by atoms with Crippen molar-refractivity contribution >= 4 is 21.8 Å². The van der Waals surface area contributed by atoms with Gasteiger partial charge in [-0.1, -0.05) is 37.3 Å². The molecule has 0 aromatic heterocycles. The summed E-state index contributed by atoms with van der Waals surface area (Å²) >= 11 is 0. The Hall–Kier alpha value is -2.71. The molecule has 29 heavy (non-hydrogen) atoms. The summed E-state index contributed by atoms with van der Waals surface area (Å²) in [7, 11) is -3.69. The van der Waals surface area contributed by atoms with Crippen molar-refractivity contribution in [2.75, 3.05) is 19.6 Å². The molecule has 1 aliphatic rings. The molecule has 0 spiro atoms. The summed E-state index contributed by atoms with van der Waals surface area (Å²) in [6.07, 6.45) is 0. The first-order chi connectivity index (χ1) is 13.8. The Morgan fingerprint density at radius 3 is 2.41 bits per heavy atom. The van der Waals surface area contributed by atoms with Crippen LogP contribution >= 0.6 is 0 Å². The highest BCUT2D eigenvalue weighted by Gasteiger charge is 2.30. The van der Waals surface area contributed by atoms with Crippen molar-refractivity contribution in [2.45, 2.75) is 31.3 Å². The van der Waals surface area contributed by atoms with Crippen molar-refractivity contribution in [1.29, 1.82) is 0 Å². The maximum atomic E-state index is 13.0. The Kier molecular flexibility index (Phi) is 6.34. The van der Waals surface area contributed by atoms with Crippen LogP contribution in [-0.4, -0.2) is 55.1 Å². The third-order valence-corrected chi connectivity index (χ3v) is 6.99. The lowest BCUT2D eigenvalue weighted by molar-refractivity contribution is -0.127. The smallest absolute Gasteiger partial charge is 0.254 e. The predicted octanol–water partition coefficient (Wildman–Crippen LogP) is 1.86. The summed E-state index contributed by atoms with van der Waals surface area (Å²) in [4.78, 5) is 26.2. The number of carbonyl (C=O) groups is 2. The van der Waals surface area contributed by atoms with Gasteiger partial charge in [-0.2, -0.15) is 4.31 Å². The Bertz CT molecular complexity index is 975. The van der Waals surface area contributed by atoms with Gasteiger partial charge in [0.15, 0.2) is 0 Å². The number of nitrogens with one attached hydrogen (secondary N) is 1. The van der Waals surface area contributed by atoms with Crippen LogP contribution in [0.4, 0.5) is 0 Å². The van der Waals surface area contributed by atoms with E-state index in [0.717, 1.165) is 5.56 Å². The summed E-state index contributed by atoms with van der Waals surface area (Å²) in [5, 5.41) is 2.72. The highest BCUT2D eigenvalue weighted by molar-refractivity contribution is 7.89. The number of amides is 2. The molecule has 154 valence electrons. The van der Waals surface area contributed by atoms with Crippen LogP contribution in [0.15, 0.2) is 59.5 Å². The average Bonchev–Trinajstić information content (AvgIpc) is 2.74. The quantitative estimate of drug-likeness (QED) is 0.780. The molecule has 1 N–H and O–H groups in total. The van der Waals surface area contributed by atoms with Gasteiger partial charge in [-0.05, 0) is 36.8 Å². The third-order valence-electron chi connectivity index (χ3n) is 5.05. The van der Waals surface area contributed by atoms with E-state index in [1.807, 2.05) is 30.3 Å². The van der Waals surface area contributed by atoms with Crippen molar-refractivity contribution in [3.63, 3.8) is 0 Å². The Morgan fingerprint density at radius 2 is 1.79 bits per heavy atom. The first kappa shape index (κ1) is 21.0. The highest BCUT2D eigenvalue weighted by Crippen LogP contribution is 2.20. The van der Waals surface area contributed by atoms with Crippen molar-refractivity contribution in [3.8, 4) is 0 Å². The topological polar surface area (TPSA) is 86.8 Å². The second-order valence-electron chi connectivity index (χ2n) is 6.91. The number of carbonyl (C=O) groups excluding carboxylic acids is 2. The van der Waals surface area contributed by atoms with Gasteiger partial charge >= 0.3 is 0 Å². The fourth-order valence-corrected chi connectivity index (χ4v) is 4.74. The van der Waals surface area contributed by atoms with Gasteiger partial charge in [0.1, 0.15) is 6.04 Å². The van der Waals surface area contributed by atoms with E-state index in [4.69, 9.17) is 0 Å². The van der Waals surface area contributed by atoms with Gasteiger partial charge in [-0.15, -0.1) is 0 Å². The molecule has 1 saturated heterocycles. The SMILES string of the molecule is CCN(Cc1ccccc1)S(=O)(=O)c1ccc(C(=O)N2CCNC(=O)C2C)cc1. The molecule has 0 saturated carbocycles. The first-order valence-corrected chi connectivity index (χ1v) is 11.0. The second-order valence-corrected chi connectivity index (χ2v) is 8.84. The molecule has 1 heterocycles. The summed E-state index contributed by atoms with van der Waals surface area (Å²) in [6.45, 7) is 4.91. The molecule has 2 amide bonds. The Labute approximate surface area is 171 Å². The number of hydrogen-bond acceptors (Lipinski definition) is 4. The normalized spacial score (nSPS) is 17.3. The fourth-order valence-electron chi connectivity index (χ4n) is 3.30. The van der Waals surface area contributed by atoms with Gasteiger partial charge in [0.25, 0.3) is 5.91 Å². The number of hydrogen-bond donors (Lipinski definition) is 1. The van der Waals surface area contributed by atoms with E-state index in [-0.39, 0.29) is 23.3 Å². The highest BCUT2D eigenvalue weighted by atomic mass is 32.2. The van der Waals surface area contributed by atoms with Crippen molar-refractivity contribution in [2.24, 2.45) is 0 Å². The van der Waals surface area contributed by atoms with E-state index in [2.05, 4.69) is 5.32 Å². The van der Waals surface area contributed by atoms with Crippen molar-refractivity contribution in [3.05, 3.63) is 65.7 Å². The van der Waals surface area contributed by atoms with E-state index < -0.39 is 16.1 Å². The zero-order chi connectivity index (χ0) is 21.0. The molecular weight excluding hydrogens is 390 g/mol. The van der Waals surface area contributed by atoms with Crippen LogP contribution in [0, 0.1) is 0 Å². The molecule has 1 fully saturated rings.